The second-order valence-corrected chi connectivity index (χ2v) is 16.1. The third kappa shape index (κ3) is 4.92. The Morgan fingerprint density at radius 3 is 1.02 bits per heavy atom. The first-order valence-electron chi connectivity index (χ1n) is 12.9. The van der Waals surface area contributed by atoms with Crippen LogP contribution in [0.1, 0.15) is 0 Å². The predicted octanol–water partition coefficient (Wildman–Crippen LogP) is 0.975. The van der Waals surface area contributed by atoms with E-state index in [0.717, 1.165) is 36.4 Å². The quantitative estimate of drug-likeness (QED) is 0.0855. The van der Waals surface area contributed by atoms with Crippen molar-refractivity contribution in [1.29, 1.82) is 0 Å². The number of benzene rings is 4. The van der Waals surface area contributed by atoms with Crippen LogP contribution in [0.4, 0.5) is 0 Å². The van der Waals surface area contributed by atoms with Crippen LogP contribution < -0.4 is 19.8 Å². The Hall–Kier alpha value is -6.06. The molecule has 48 heavy (non-hydrogen) atoms. The van der Waals surface area contributed by atoms with Crippen LogP contribution in [-0.4, -0.2) is 87.5 Å². The van der Waals surface area contributed by atoms with Gasteiger partial charge in [0.25, 0.3) is 0 Å². The Labute approximate surface area is 275 Å². The van der Waals surface area contributed by atoms with Gasteiger partial charge in [-0.25, -0.2) is 0 Å². The van der Waals surface area contributed by atoms with Gasteiger partial charge >= 0.3 is 276 Å². The fraction of sp³-hybridized carbons (Fsp3) is 0. The molecule has 0 radical (unpaired) electrons. The number of rotatable bonds is 5. The molecule has 0 saturated heterocycles. The molecule has 6 aromatic rings. The summed E-state index contributed by atoms with van der Waals surface area (Å²) in [5, 5.41) is 122. The van der Waals surface area contributed by atoms with Crippen molar-refractivity contribution in [2.45, 2.75) is 0 Å². The van der Waals surface area contributed by atoms with Crippen LogP contribution in [0.25, 0.3) is 44.6 Å². The number of phenols is 10. The third-order valence-electron chi connectivity index (χ3n) is 6.99. The van der Waals surface area contributed by atoms with Crippen molar-refractivity contribution in [2.24, 2.45) is 0 Å². The Kier molecular flexibility index (Phi) is 7.53. The molecular weight excluding hydrogens is 774 g/mol. The topological polar surface area (TPSA) is 303 Å². The summed E-state index contributed by atoms with van der Waals surface area (Å²) in [5.74, 6) is -11.3. The molecule has 16 nitrogen and oxygen atoms in total. The number of hydrogen-bond donors (Lipinski definition) is 12. The minimum atomic E-state index is -1.18. The molecule has 0 atom stereocenters. The maximum absolute atomic E-state index is 13.2. The zero-order valence-corrected chi connectivity index (χ0v) is 26.7. The van der Waals surface area contributed by atoms with E-state index in [9.17, 15) is 70.9 Å². The van der Waals surface area contributed by atoms with E-state index in [1.807, 2.05) is 0 Å². The van der Waals surface area contributed by atoms with E-state index >= 15 is 0 Å². The average Bonchev–Trinajstić information content (AvgIpc) is 3.01. The first kappa shape index (κ1) is 31.9. The molecular formula is C30H18O16Se2. The van der Waals surface area contributed by atoms with Gasteiger partial charge in [-0.2, -0.15) is 0 Å². The van der Waals surface area contributed by atoms with E-state index in [1.165, 1.54) is 0 Å². The van der Waals surface area contributed by atoms with Crippen LogP contribution in [0.2, 0.25) is 0 Å². The molecule has 0 bridgehead atoms. The van der Waals surface area contributed by atoms with E-state index < -0.39 is 140 Å². The van der Waals surface area contributed by atoms with Gasteiger partial charge in [0.05, 0.1) is 0 Å². The molecule has 0 spiro atoms. The molecule has 0 amide bonds. The first-order chi connectivity index (χ1) is 22.6. The Balaban J connectivity index is 1.55. The SMILES string of the molecule is O=c1c(O)c(-c2cc(O)c(O)c(O)c2)oc2c([Se][Se]c3c(O)cc(O)c4c(=O)c(O)c(-c5cc(O)c(O)c(O)c5)oc34)c(O)cc(O)c12. The summed E-state index contributed by atoms with van der Waals surface area (Å²) < 4.78 is 11.3. The monoisotopic (exact) mass is 794 g/mol. The van der Waals surface area contributed by atoms with E-state index in [4.69, 9.17) is 8.83 Å². The third-order valence-corrected chi connectivity index (χ3v) is 14.1. The van der Waals surface area contributed by atoms with Crippen molar-refractivity contribution in [1.82, 2.24) is 0 Å². The fourth-order valence-corrected chi connectivity index (χ4v) is 11.9. The summed E-state index contributed by atoms with van der Waals surface area (Å²) in [6.07, 6.45) is 0. The molecule has 0 fully saturated rings. The van der Waals surface area contributed by atoms with Crippen LogP contribution in [0.15, 0.2) is 54.8 Å². The second kappa shape index (κ2) is 11.3. The molecule has 246 valence electrons. The second-order valence-electron chi connectivity index (χ2n) is 10.0. The van der Waals surface area contributed by atoms with Gasteiger partial charge < -0.3 is 0 Å². The Morgan fingerprint density at radius 1 is 0.396 bits per heavy atom. The van der Waals surface area contributed by atoms with E-state index in [2.05, 4.69) is 0 Å². The zero-order valence-electron chi connectivity index (χ0n) is 23.3. The van der Waals surface area contributed by atoms with Gasteiger partial charge in [0.15, 0.2) is 0 Å². The van der Waals surface area contributed by atoms with Gasteiger partial charge in [-0.3, -0.25) is 0 Å². The maximum atomic E-state index is 13.2. The normalized spacial score (nSPS) is 11.4. The molecule has 0 aliphatic heterocycles. The number of aromatic hydroxyl groups is 12. The van der Waals surface area contributed by atoms with Crippen molar-refractivity contribution in [3.05, 3.63) is 56.8 Å². The van der Waals surface area contributed by atoms with Crippen molar-refractivity contribution >= 4 is 57.1 Å². The summed E-state index contributed by atoms with van der Waals surface area (Å²) in [5.41, 5.74) is -3.81. The van der Waals surface area contributed by atoms with E-state index in [-0.39, 0.29) is 20.1 Å². The Bertz CT molecular complexity index is 2270. The predicted molar refractivity (Wildman–Crippen MR) is 167 cm³/mol. The van der Waals surface area contributed by atoms with Gasteiger partial charge in [-0.15, -0.1) is 0 Å². The molecule has 0 aliphatic carbocycles. The molecule has 18 heteroatoms. The standard InChI is InChI=1S/C30H18O16Se2/c31-9-5-15(37)29(27-17(9)21(41)23(43)25(45-27)7-1-11(33)19(39)12(34)2-7)47-48-30-16(38)6-10(32)18-22(42)24(44)26(46-28(18)30)8-3-13(35)20(40)14(36)4-8/h1-6,31-40,43-44H. The molecule has 6 rings (SSSR count). The van der Waals surface area contributed by atoms with Crippen LogP contribution >= 0.6 is 0 Å². The van der Waals surface area contributed by atoms with E-state index in [0.29, 0.717) is 0 Å². The van der Waals surface area contributed by atoms with E-state index in [1.54, 1.807) is 0 Å². The van der Waals surface area contributed by atoms with Crippen molar-refractivity contribution in [3.63, 3.8) is 0 Å². The van der Waals surface area contributed by atoms with Crippen LogP contribution in [0, 0.1) is 0 Å². The molecule has 2 aromatic heterocycles. The Morgan fingerprint density at radius 2 is 0.708 bits per heavy atom. The molecule has 12 N–H and O–H groups in total. The van der Waals surface area contributed by atoms with Gasteiger partial charge in [0.1, 0.15) is 0 Å². The van der Waals surface area contributed by atoms with Crippen molar-refractivity contribution in [3.8, 4) is 91.6 Å². The first-order valence-corrected chi connectivity index (χ1v) is 19.0. The number of phenolic OH excluding ortho intramolecular Hbond substituents is 10. The van der Waals surface area contributed by atoms with Crippen molar-refractivity contribution in [2.75, 3.05) is 0 Å². The molecule has 0 saturated carbocycles. The van der Waals surface area contributed by atoms with Crippen molar-refractivity contribution < 1.29 is 70.1 Å². The summed E-state index contributed by atoms with van der Waals surface area (Å²) >= 11 is -2.14. The van der Waals surface area contributed by atoms with Gasteiger partial charge in [-0.1, -0.05) is 0 Å². The van der Waals surface area contributed by atoms with Gasteiger partial charge in [0, 0.05) is 0 Å². The van der Waals surface area contributed by atoms with Crippen LogP contribution in [-0.2, 0) is 0 Å². The van der Waals surface area contributed by atoms with Gasteiger partial charge in [0.2, 0.25) is 0 Å². The number of hydrogen-bond acceptors (Lipinski definition) is 16. The van der Waals surface area contributed by atoms with Gasteiger partial charge in [-0.05, 0) is 0 Å². The van der Waals surface area contributed by atoms with Crippen LogP contribution in [0.5, 0.6) is 69.0 Å². The summed E-state index contributed by atoms with van der Waals surface area (Å²) in [7, 11) is 0. The average molecular weight is 792 g/mol. The summed E-state index contributed by atoms with van der Waals surface area (Å²) in [6.45, 7) is 0. The fourth-order valence-electron chi connectivity index (χ4n) is 4.71. The molecule has 4 aromatic carbocycles. The summed E-state index contributed by atoms with van der Waals surface area (Å²) in [4.78, 5) is 26.4. The zero-order chi connectivity index (χ0) is 34.9. The molecule has 0 aliphatic rings. The summed E-state index contributed by atoms with van der Waals surface area (Å²) in [6, 6.07) is 5.05. The molecule has 2 heterocycles. The molecule has 0 unspecified atom stereocenters. The van der Waals surface area contributed by atoms with Crippen LogP contribution in [0.3, 0.4) is 0 Å². The number of fused-ring (bicyclic) bond motifs is 2. The minimum absolute atomic E-state index is 0.115.